The maximum absolute atomic E-state index is 6.05. The average molecular weight is 198 g/mol. The first kappa shape index (κ1) is 10.4. The van der Waals surface area contributed by atoms with E-state index in [1.165, 1.54) is 25.8 Å². The molecule has 2 heterocycles. The molecule has 0 saturated carbocycles. The van der Waals surface area contributed by atoms with Gasteiger partial charge in [-0.1, -0.05) is 0 Å². The van der Waals surface area contributed by atoms with Crippen LogP contribution < -0.4 is 5.73 Å². The molecule has 2 rings (SSSR count). The van der Waals surface area contributed by atoms with Crippen molar-refractivity contribution < 1.29 is 4.74 Å². The minimum atomic E-state index is 0.390. The normalized spacial score (nSPS) is 37.3. The number of likely N-dealkylation sites (tertiary alicyclic amines) is 1. The molecule has 2 N–H and O–H groups in total. The molecule has 0 aromatic carbocycles. The number of piperidine rings is 1. The third-order valence-electron chi connectivity index (χ3n) is 3.63. The molecule has 0 bridgehead atoms. The van der Waals surface area contributed by atoms with E-state index in [1.54, 1.807) is 0 Å². The lowest BCUT2D eigenvalue weighted by atomic mass is 9.80. The van der Waals surface area contributed by atoms with E-state index in [2.05, 4.69) is 11.9 Å². The van der Waals surface area contributed by atoms with E-state index in [9.17, 15) is 0 Å². The number of hydrogen-bond donors (Lipinski definition) is 1. The number of nitrogens with two attached hydrogens (primary N) is 1. The van der Waals surface area contributed by atoms with Gasteiger partial charge in [-0.25, -0.2) is 0 Å². The minimum absolute atomic E-state index is 0.390. The molecule has 2 saturated heterocycles. The molecule has 2 unspecified atom stereocenters. The fourth-order valence-corrected chi connectivity index (χ4v) is 2.94. The molecule has 0 amide bonds. The average Bonchev–Trinajstić information content (AvgIpc) is 2.18. The number of ether oxygens (including phenoxy) is 1. The summed E-state index contributed by atoms with van der Waals surface area (Å²) in [4.78, 5) is 2.38. The van der Waals surface area contributed by atoms with Crippen molar-refractivity contribution in [2.24, 2.45) is 17.6 Å². The lowest BCUT2D eigenvalue weighted by molar-refractivity contribution is 0.0271. The summed E-state index contributed by atoms with van der Waals surface area (Å²) in [5, 5.41) is 0. The molecule has 0 aromatic rings. The van der Waals surface area contributed by atoms with Gasteiger partial charge in [-0.3, -0.25) is 0 Å². The molecule has 0 aromatic heterocycles. The van der Waals surface area contributed by atoms with Gasteiger partial charge in [-0.05, 0) is 38.1 Å². The Morgan fingerprint density at radius 1 is 1.14 bits per heavy atom. The molecule has 2 aliphatic heterocycles. The molecular formula is C11H22N2O. The Bertz CT molecular complexity index is 170. The maximum Gasteiger partial charge on any atom is 0.0468 e. The summed E-state index contributed by atoms with van der Waals surface area (Å²) in [5.41, 5.74) is 6.05. The van der Waals surface area contributed by atoms with E-state index >= 15 is 0 Å². The van der Waals surface area contributed by atoms with Crippen molar-refractivity contribution in [2.75, 3.05) is 33.4 Å². The summed E-state index contributed by atoms with van der Waals surface area (Å²) in [7, 11) is 2.19. The number of likely N-dealkylation sites (N-methyl/N-ethyl adjacent to an activating group) is 1. The monoisotopic (exact) mass is 198 g/mol. The topological polar surface area (TPSA) is 38.5 Å². The van der Waals surface area contributed by atoms with Gasteiger partial charge in [0.2, 0.25) is 0 Å². The Morgan fingerprint density at radius 2 is 1.86 bits per heavy atom. The van der Waals surface area contributed by atoms with Crippen LogP contribution in [0, 0.1) is 11.8 Å². The van der Waals surface area contributed by atoms with Crippen LogP contribution in [0.1, 0.15) is 19.3 Å². The highest BCUT2D eigenvalue weighted by atomic mass is 16.5. The molecule has 2 aliphatic rings. The van der Waals surface area contributed by atoms with Gasteiger partial charge in [0.1, 0.15) is 0 Å². The summed E-state index contributed by atoms with van der Waals surface area (Å²) in [6.45, 7) is 4.22. The zero-order valence-electron chi connectivity index (χ0n) is 9.11. The molecule has 0 spiro atoms. The third-order valence-corrected chi connectivity index (χ3v) is 3.63. The van der Waals surface area contributed by atoms with Crippen molar-refractivity contribution in [2.45, 2.75) is 25.3 Å². The molecule has 0 aliphatic carbocycles. The van der Waals surface area contributed by atoms with Crippen LogP contribution in [0.4, 0.5) is 0 Å². The number of hydrogen-bond acceptors (Lipinski definition) is 3. The Labute approximate surface area is 86.6 Å². The van der Waals surface area contributed by atoms with Gasteiger partial charge in [0, 0.05) is 32.3 Å². The lowest BCUT2D eigenvalue weighted by Gasteiger charge is -2.39. The Balaban J connectivity index is 1.88. The summed E-state index contributed by atoms with van der Waals surface area (Å²) in [5.74, 6) is 1.67. The first-order chi connectivity index (χ1) is 6.75. The highest BCUT2D eigenvalue weighted by Crippen LogP contribution is 2.29. The van der Waals surface area contributed by atoms with Gasteiger partial charge in [0.15, 0.2) is 0 Å². The Kier molecular flexibility index (Phi) is 3.42. The van der Waals surface area contributed by atoms with Gasteiger partial charge in [0.05, 0.1) is 0 Å². The number of nitrogens with zero attached hydrogens (tertiary/aromatic N) is 1. The van der Waals surface area contributed by atoms with E-state index in [-0.39, 0.29) is 0 Å². The zero-order valence-corrected chi connectivity index (χ0v) is 9.11. The second-order valence-corrected chi connectivity index (χ2v) is 4.93. The minimum Gasteiger partial charge on any atom is -0.381 e. The van der Waals surface area contributed by atoms with Crippen LogP contribution in [0.5, 0.6) is 0 Å². The van der Waals surface area contributed by atoms with Crippen molar-refractivity contribution in [3.63, 3.8) is 0 Å². The quantitative estimate of drug-likeness (QED) is 0.674. The fourth-order valence-electron chi connectivity index (χ4n) is 2.94. The molecule has 3 heteroatoms. The van der Waals surface area contributed by atoms with E-state index < -0.39 is 0 Å². The molecule has 2 atom stereocenters. The molecule has 2 fully saturated rings. The van der Waals surface area contributed by atoms with Crippen molar-refractivity contribution in [1.82, 2.24) is 4.90 Å². The van der Waals surface area contributed by atoms with Crippen LogP contribution in [0.3, 0.4) is 0 Å². The summed E-state index contributed by atoms with van der Waals surface area (Å²) in [6, 6.07) is 0.390. The van der Waals surface area contributed by atoms with Gasteiger partial charge < -0.3 is 15.4 Å². The van der Waals surface area contributed by atoms with Crippen LogP contribution in [0.15, 0.2) is 0 Å². The van der Waals surface area contributed by atoms with Crippen molar-refractivity contribution in [3.05, 3.63) is 0 Å². The summed E-state index contributed by atoms with van der Waals surface area (Å²) in [6.07, 6.45) is 3.70. The van der Waals surface area contributed by atoms with Crippen LogP contribution in [-0.4, -0.2) is 44.3 Å². The van der Waals surface area contributed by atoms with E-state index in [0.717, 1.165) is 31.6 Å². The molecule has 3 nitrogen and oxygen atoms in total. The maximum atomic E-state index is 6.05. The van der Waals surface area contributed by atoms with Crippen LogP contribution >= 0.6 is 0 Å². The summed E-state index contributed by atoms with van der Waals surface area (Å²) < 4.78 is 5.40. The smallest absolute Gasteiger partial charge is 0.0468 e. The van der Waals surface area contributed by atoms with E-state index in [4.69, 9.17) is 10.5 Å². The molecule has 14 heavy (non-hydrogen) atoms. The van der Waals surface area contributed by atoms with Gasteiger partial charge >= 0.3 is 0 Å². The first-order valence-corrected chi connectivity index (χ1v) is 5.77. The van der Waals surface area contributed by atoms with Gasteiger partial charge in [0.25, 0.3) is 0 Å². The Hall–Kier alpha value is -0.120. The molecular weight excluding hydrogens is 176 g/mol. The van der Waals surface area contributed by atoms with Crippen LogP contribution in [0.2, 0.25) is 0 Å². The highest BCUT2D eigenvalue weighted by molar-refractivity contribution is 4.84. The predicted octanol–water partition coefficient (Wildman–Crippen LogP) is 0.692. The second-order valence-electron chi connectivity index (χ2n) is 4.93. The third kappa shape index (κ3) is 2.47. The van der Waals surface area contributed by atoms with Gasteiger partial charge in [-0.2, -0.15) is 0 Å². The predicted molar refractivity (Wildman–Crippen MR) is 57.1 cm³/mol. The lowest BCUT2D eigenvalue weighted by Crippen LogP contribution is -2.47. The highest BCUT2D eigenvalue weighted by Gasteiger charge is 2.30. The second kappa shape index (κ2) is 4.60. The first-order valence-electron chi connectivity index (χ1n) is 5.77. The van der Waals surface area contributed by atoms with Crippen molar-refractivity contribution in [1.29, 1.82) is 0 Å². The molecule has 0 radical (unpaired) electrons. The van der Waals surface area contributed by atoms with Crippen molar-refractivity contribution in [3.8, 4) is 0 Å². The van der Waals surface area contributed by atoms with Crippen LogP contribution in [0.25, 0.3) is 0 Å². The summed E-state index contributed by atoms with van der Waals surface area (Å²) >= 11 is 0. The SMILES string of the molecule is CN1CC(N)CC(C2CCOCC2)C1. The van der Waals surface area contributed by atoms with E-state index in [1.807, 2.05) is 0 Å². The largest absolute Gasteiger partial charge is 0.381 e. The van der Waals surface area contributed by atoms with Gasteiger partial charge in [-0.15, -0.1) is 0 Å². The Morgan fingerprint density at radius 3 is 2.50 bits per heavy atom. The van der Waals surface area contributed by atoms with Crippen molar-refractivity contribution >= 4 is 0 Å². The van der Waals surface area contributed by atoms with E-state index in [0.29, 0.717) is 6.04 Å². The standard InChI is InChI=1S/C11H22N2O/c1-13-7-10(6-11(12)8-13)9-2-4-14-5-3-9/h9-11H,2-8,12H2,1H3. The fraction of sp³-hybridized carbons (Fsp3) is 1.00. The zero-order chi connectivity index (χ0) is 9.97. The molecule has 82 valence electrons. The number of rotatable bonds is 1. The van der Waals surface area contributed by atoms with Crippen LogP contribution in [-0.2, 0) is 4.74 Å².